The number of benzene rings is 1. The van der Waals surface area contributed by atoms with Crippen LogP contribution in [-0.4, -0.2) is 21.0 Å². The molecule has 0 aliphatic heterocycles. The summed E-state index contributed by atoms with van der Waals surface area (Å²) < 4.78 is 14.4. The number of pyridine rings is 2. The first-order valence-electron chi connectivity index (χ1n) is 10.7. The number of aromatic nitrogens is 2. The van der Waals surface area contributed by atoms with E-state index >= 15 is 0 Å². The van der Waals surface area contributed by atoms with E-state index in [2.05, 4.69) is 27.4 Å². The molecule has 31 heavy (non-hydrogen) atoms. The van der Waals surface area contributed by atoms with E-state index in [1.165, 1.54) is 5.56 Å². The lowest BCUT2D eigenvalue weighted by Crippen LogP contribution is -2.16. The summed E-state index contributed by atoms with van der Waals surface area (Å²) in [5, 5.41) is 12.1. The van der Waals surface area contributed by atoms with Gasteiger partial charge >= 0.3 is 5.97 Å². The molecule has 2 aromatic heterocycles. The van der Waals surface area contributed by atoms with Gasteiger partial charge in [-0.1, -0.05) is 24.3 Å². The van der Waals surface area contributed by atoms with E-state index < -0.39 is 5.97 Å². The fraction of sp³-hybridized carbons (Fsp3) is 0.320. The van der Waals surface area contributed by atoms with E-state index in [4.69, 9.17) is 5.11 Å². The average molecular weight is 420 g/mol. The van der Waals surface area contributed by atoms with Crippen LogP contribution in [0.1, 0.15) is 49.1 Å². The third-order valence-electron chi connectivity index (χ3n) is 6.11. The second-order valence-corrected chi connectivity index (χ2v) is 8.25. The van der Waals surface area contributed by atoms with Gasteiger partial charge in [0.05, 0.1) is 11.4 Å². The molecule has 0 bridgehead atoms. The van der Waals surface area contributed by atoms with Crippen LogP contribution in [0.2, 0.25) is 0 Å². The molecule has 1 saturated carbocycles. The van der Waals surface area contributed by atoms with Crippen LogP contribution in [0, 0.1) is 18.7 Å². The van der Waals surface area contributed by atoms with Gasteiger partial charge in [-0.05, 0) is 73.8 Å². The summed E-state index contributed by atoms with van der Waals surface area (Å²) in [4.78, 5) is 19.6. The molecular weight excluding hydrogens is 393 g/mol. The van der Waals surface area contributed by atoms with E-state index in [1.807, 2.05) is 24.3 Å². The second kappa shape index (κ2) is 9.25. The highest BCUT2D eigenvalue weighted by molar-refractivity contribution is 5.77. The fourth-order valence-electron chi connectivity index (χ4n) is 4.35. The Morgan fingerprint density at radius 2 is 1.81 bits per heavy atom. The Labute approximate surface area is 181 Å². The minimum Gasteiger partial charge on any atom is -0.481 e. The SMILES string of the molecule is Cc1ccnc(Nc2cccnc2-c2ccc(C3CCC(CC(=O)O)CC3)cc2)c1F. The van der Waals surface area contributed by atoms with Crippen molar-refractivity contribution in [2.24, 2.45) is 5.92 Å². The number of nitrogens with one attached hydrogen (secondary N) is 1. The molecule has 0 saturated heterocycles. The van der Waals surface area contributed by atoms with Crippen molar-refractivity contribution < 1.29 is 14.3 Å². The van der Waals surface area contributed by atoms with Gasteiger partial charge in [0.25, 0.3) is 0 Å². The third-order valence-corrected chi connectivity index (χ3v) is 6.11. The number of carboxylic acid groups (broad SMARTS) is 1. The van der Waals surface area contributed by atoms with Crippen molar-refractivity contribution in [2.75, 3.05) is 5.32 Å². The number of aryl methyl sites for hydroxylation is 1. The largest absolute Gasteiger partial charge is 0.481 e. The molecule has 1 aliphatic carbocycles. The van der Waals surface area contributed by atoms with Crippen LogP contribution in [-0.2, 0) is 4.79 Å². The van der Waals surface area contributed by atoms with Gasteiger partial charge in [-0.25, -0.2) is 9.37 Å². The number of rotatable bonds is 6. The molecule has 0 unspecified atom stereocenters. The molecule has 0 spiro atoms. The second-order valence-electron chi connectivity index (χ2n) is 8.25. The summed E-state index contributed by atoms with van der Waals surface area (Å²) in [6.45, 7) is 1.71. The Morgan fingerprint density at radius 1 is 1.06 bits per heavy atom. The maximum Gasteiger partial charge on any atom is 0.303 e. The van der Waals surface area contributed by atoms with E-state index in [0.717, 1.165) is 36.9 Å². The number of anilines is 2. The normalized spacial score (nSPS) is 18.5. The zero-order chi connectivity index (χ0) is 21.8. The molecule has 1 fully saturated rings. The lowest BCUT2D eigenvalue weighted by atomic mass is 9.77. The molecule has 0 radical (unpaired) electrons. The molecule has 1 aliphatic rings. The van der Waals surface area contributed by atoms with E-state index in [1.54, 1.807) is 25.4 Å². The Bertz CT molecular complexity index is 1060. The predicted molar refractivity (Wildman–Crippen MR) is 119 cm³/mol. The molecular formula is C25H26FN3O2. The first-order valence-corrected chi connectivity index (χ1v) is 10.7. The predicted octanol–water partition coefficient (Wildman–Crippen LogP) is 6.08. The van der Waals surface area contributed by atoms with Crippen molar-refractivity contribution >= 4 is 17.5 Å². The molecule has 0 amide bonds. The lowest BCUT2D eigenvalue weighted by molar-refractivity contribution is -0.138. The van der Waals surface area contributed by atoms with Crippen LogP contribution >= 0.6 is 0 Å². The highest BCUT2D eigenvalue weighted by Gasteiger charge is 2.24. The van der Waals surface area contributed by atoms with Crippen molar-refractivity contribution in [1.82, 2.24) is 9.97 Å². The van der Waals surface area contributed by atoms with Gasteiger partial charge in [-0.15, -0.1) is 0 Å². The van der Waals surface area contributed by atoms with Crippen LogP contribution in [0.15, 0.2) is 54.9 Å². The fourth-order valence-corrected chi connectivity index (χ4v) is 4.35. The highest BCUT2D eigenvalue weighted by atomic mass is 19.1. The summed E-state index contributed by atoms with van der Waals surface area (Å²) in [7, 11) is 0. The molecule has 160 valence electrons. The van der Waals surface area contributed by atoms with E-state index in [-0.39, 0.29) is 18.1 Å². The monoisotopic (exact) mass is 419 g/mol. The highest BCUT2D eigenvalue weighted by Crippen LogP contribution is 2.38. The topological polar surface area (TPSA) is 75.1 Å². The number of nitrogens with zero attached hydrogens (tertiary/aromatic N) is 2. The molecule has 4 rings (SSSR count). The van der Waals surface area contributed by atoms with Crippen LogP contribution in [0.25, 0.3) is 11.3 Å². The molecule has 5 nitrogen and oxygen atoms in total. The van der Waals surface area contributed by atoms with Crippen molar-refractivity contribution in [3.8, 4) is 11.3 Å². The smallest absolute Gasteiger partial charge is 0.303 e. The van der Waals surface area contributed by atoms with Crippen LogP contribution in [0.3, 0.4) is 0 Å². The Balaban J connectivity index is 1.50. The number of carbonyl (C=O) groups is 1. The number of carboxylic acids is 1. The Hall–Kier alpha value is -3.28. The number of aliphatic carboxylic acids is 1. The summed E-state index contributed by atoms with van der Waals surface area (Å²) >= 11 is 0. The van der Waals surface area contributed by atoms with Gasteiger partial charge in [0, 0.05) is 24.4 Å². The van der Waals surface area contributed by atoms with Crippen LogP contribution in [0.4, 0.5) is 15.9 Å². The first-order chi connectivity index (χ1) is 15.0. The van der Waals surface area contributed by atoms with Crippen molar-refractivity contribution in [3.05, 3.63) is 71.8 Å². The minimum atomic E-state index is -0.701. The molecule has 2 heterocycles. The van der Waals surface area contributed by atoms with Crippen molar-refractivity contribution in [3.63, 3.8) is 0 Å². The number of hydrogen-bond donors (Lipinski definition) is 2. The third kappa shape index (κ3) is 4.90. The number of hydrogen-bond acceptors (Lipinski definition) is 4. The molecule has 3 aromatic rings. The summed E-state index contributed by atoms with van der Waals surface area (Å²) in [5.41, 5.74) is 4.18. The molecule has 0 atom stereocenters. The van der Waals surface area contributed by atoms with E-state index in [9.17, 15) is 9.18 Å². The zero-order valence-corrected chi connectivity index (χ0v) is 17.5. The van der Waals surface area contributed by atoms with Gasteiger partial charge < -0.3 is 10.4 Å². The van der Waals surface area contributed by atoms with E-state index in [0.29, 0.717) is 23.1 Å². The maximum atomic E-state index is 14.4. The molecule has 2 N–H and O–H groups in total. The summed E-state index contributed by atoms with van der Waals surface area (Å²) in [5.74, 6) is -0.125. The Morgan fingerprint density at radius 3 is 2.52 bits per heavy atom. The standard InChI is InChI=1S/C25H26FN3O2/c1-16-12-14-28-25(23(16)26)29-21-3-2-13-27-24(21)20-10-8-19(9-11-20)18-6-4-17(5-7-18)15-22(30)31/h2-3,8-14,17-18H,4-7,15H2,1H3,(H,28,29)(H,30,31). The summed E-state index contributed by atoms with van der Waals surface area (Å²) in [6, 6.07) is 13.7. The van der Waals surface area contributed by atoms with Crippen molar-refractivity contribution in [1.29, 1.82) is 0 Å². The van der Waals surface area contributed by atoms with Gasteiger partial charge in [0.2, 0.25) is 0 Å². The number of halogens is 1. The van der Waals surface area contributed by atoms with Gasteiger partial charge in [0.15, 0.2) is 11.6 Å². The Kier molecular flexibility index (Phi) is 6.26. The zero-order valence-electron chi connectivity index (χ0n) is 17.5. The first kappa shape index (κ1) is 21.0. The molecule has 6 heteroatoms. The maximum absolute atomic E-state index is 14.4. The molecule has 1 aromatic carbocycles. The summed E-state index contributed by atoms with van der Waals surface area (Å²) in [6.07, 6.45) is 7.54. The van der Waals surface area contributed by atoms with Gasteiger partial charge in [-0.3, -0.25) is 9.78 Å². The van der Waals surface area contributed by atoms with Crippen molar-refractivity contribution in [2.45, 2.75) is 44.9 Å². The quantitative estimate of drug-likeness (QED) is 0.506. The average Bonchev–Trinajstić information content (AvgIpc) is 2.78. The lowest BCUT2D eigenvalue weighted by Gasteiger charge is -2.28. The van der Waals surface area contributed by atoms with Gasteiger partial charge in [0.1, 0.15) is 0 Å². The van der Waals surface area contributed by atoms with Crippen LogP contribution in [0.5, 0.6) is 0 Å². The van der Waals surface area contributed by atoms with Crippen LogP contribution < -0.4 is 5.32 Å². The minimum absolute atomic E-state index is 0.184. The van der Waals surface area contributed by atoms with Gasteiger partial charge in [-0.2, -0.15) is 0 Å².